The highest BCUT2D eigenvalue weighted by Crippen LogP contribution is 2.25. The monoisotopic (exact) mass is 235 g/mol. The van der Waals surface area contributed by atoms with Gasteiger partial charge in [-0.05, 0) is 38.8 Å². The van der Waals surface area contributed by atoms with Gasteiger partial charge in [0.05, 0.1) is 6.10 Å². The molecule has 1 aromatic rings. The Labute approximate surface area is 101 Å². The van der Waals surface area contributed by atoms with E-state index in [1.54, 1.807) is 25.1 Å². The van der Waals surface area contributed by atoms with E-state index in [4.69, 9.17) is 4.74 Å². The molecule has 4 nitrogen and oxygen atoms in total. The molecule has 1 amide bonds. The molecule has 0 aromatic heterocycles. The third-order valence-corrected chi connectivity index (χ3v) is 3.09. The van der Waals surface area contributed by atoms with Gasteiger partial charge in [-0.15, -0.1) is 0 Å². The molecule has 92 valence electrons. The zero-order valence-corrected chi connectivity index (χ0v) is 10.1. The average Bonchev–Trinajstić information content (AvgIpc) is 2.72. The summed E-state index contributed by atoms with van der Waals surface area (Å²) < 4.78 is 5.49. The van der Waals surface area contributed by atoms with Gasteiger partial charge in [-0.1, -0.05) is 6.07 Å². The Kier molecular flexibility index (Phi) is 3.33. The molecule has 17 heavy (non-hydrogen) atoms. The standard InChI is InChI=1S/C13H17NO3/c1-8-6-7-12(17-8)13(16)14-10-4-3-5-11(15)9(10)2/h3-5,8,12,15H,6-7H2,1-2H3,(H,14,16). The molecule has 0 aliphatic carbocycles. The van der Waals surface area contributed by atoms with E-state index in [-0.39, 0.29) is 23.9 Å². The van der Waals surface area contributed by atoms with E-state index in [1.165, 1.54) is 0 Å². The molecule has 2 N–H and O–H groups in total. The number of benzene rings is 1. The summed E-state index contributed by atoms with van der Waals surface area (Å²) in [4.78, 5) is 11.9. The van der Waals surface area contributed by atoms with Crippen molar-refractivity contribution in [3.05, 3.63) is 23.8 Å². The minimum atomic E-state index is -0.369. The van der Waals surface area contributed by atoms with Crippen LogP contribution in [0.5, 0.6) is 5.75 Å². The number of carbonyl (C=O) groups excluding carboxylic acids is 1. The maximum absolute atomic E-state index is 11.9. The number of phenolic OH excluding ortho intramolecular Hbond substituents is 1. The fourth-order valence-corrected chi connectivity index (χ4v) is 1.97. The molecule has 0 spiro atoms. The summed E-state index contributed by atoms with van der Waals surface area (Å²) in [5.41, 5.74) is 1.31. The maximum atomic E-state index is 11.9. The predicted octanol–water partition coefficient (Wildman–Crippen LogP) is 2.21. The van der Waals surface area contributed by atoms with Crippen molar-refractivity contribution in [3.8, 4) is 5.75 Å². The van der Waals surface area contributed by atoms with Crippen LogP contribution in [0, 0.1) is 6.92 Å². The molecular formula is C13H17NO3. The second-order valence-corrected chi connectivity index (χ2v) is 4.45. The predicted molar refractivity (Wildman–Crippen MR) is 65.0 cm³/mol. The second-order valence-electron chi connectivity index (χ2n) is 4.45. The van der Waals surface area contributed by atoms with Crippen LogP contribution in [0.15, 0.2) is 18.2 Å². The van der Waals surface area contributed by atoms with Gasteiger partial charge in [0, 0.05) is 11.3 Å². The third-order valence-electron chi connectivity index (χ3n) is 3.09. The van der Waals surface area contributed by atoms with Crippen LogP contribution in [-0.2, 0) is 9.53 Å². The van der Waals surface area contributed by atoms with E-state index in [2.05, 4.69) is 5.32 Å². The lowest BCUT2D eigenvalue weighted by Gasteiger charge is -2.13. The summed E-state index contributed by atoms with van der Waals surface area (Å²) in [7, 11) is 0. The molecule has 2 unspecified atom stereocenters. The van der Waals surface area contributed by atoms with Gasteiger partial charge in [0.1, 0.15) is 11.9 Å². The number of carbonyl (C=O) groups is 1. The molecule has 4 heteroatoms. The number of hydrogen-bond donors (Lipinski definition) is 2. The van der Waals surface area contributed by atoms with Crippen molar-refractivity contribution in [1.82, 2.24) is 0 Å². The number of rotatable bonds is 2. The Morgan fingerprint density at radius 3 is 2.88 bits per heavy atom. The zero-order valence-electron chi connectivity index (χ0n) is 10.1. The van der Waals surface area contributed by atoms with Crippen molar-refractivity contribution in [2.75, 3.05) is 5.32 Å². The first kappa shape index (κ1) is 11.9. The van der Waals surface area contributed by atoms with Crippen LogP contribution in [0.3, 0.4) is 0 Å². The van der Waals surface area contributed by atoms with Crippen LogP contribution >= 0.6 is 0 Å². The molecule has 0 radical (unpaired) electrons. The molecule has 1 fully saturated rings. The zero-order chi connectivity index (χ0) is 12.4. The van der Waals surface area contributed by atoms with Gasteiger partial charge in [-0.3, -0.25) is 4.79 Å². The minimum absolute atomic E-state index is 0.136. The molecule has 0 saturated carbocycles. The summed E-state index contributed by atoms with van der Waals surface area (Å²) in [6.45, 7) is 3.73. The van der Waals surface area contributed by atoms with Gasteiger partial charge in [0.15, 0.2) is 0 Å². The molecule has 1 heterocycles. The highest BCUT2D eigenvalue weighted by atomic mass is 16.5. The Bertz CT molecular complexity index is 431. The molecule has 0 bridgehead atoms. The Hall–Kier alpha value is -1.55. The summed E-state index contributed by atoms with van der Waals surface area (Å²) in [6.07, 6.45) is 1.45. The fraction of sp³-hybridized carbons (Fsp3) is 0.462. The average molecular weight is 235 g/mol. The van der Waals surface area contributed by atoms with Gasteiger partial charge in [-0.2, -0.15) is 0 Å². The van der Waals surface area contributed by atoms with Gasteiger partial charge < -0.3 is 15.2 Å². The van der Waals surface area contributed by atoms with Gasteiger partial charge in [-0.25, -0.2) is 0 Å². The maximum Gasteiger partial charge on any atom is 0.253 e. The van der Waals surface area contributed by atoms with Crippen molar-refractivity contribution in [2.45, 2.75) is 38.9 Å². The quantitative estimate of drug-likeness (QED) is 0.826. The van der Waals surface area contributed by atoms with Crippen LogP contribution < -0.4 is 5.32 Å². The van der Waals surface area contributed by atoms with Crippen molar-refractivity contribution in [2.24, 2.45) is 0 Å². The number of amides is 1. The number of ether oxygens (including phenoxy) is 1. The SMILES string of the molecule is Cc1c(O)cccc1NC(=O)C1CCC(C)O1. The number of anilines is 1. The summed E-state index contributed by atoms with van der Waals surface area (Å²) in [5.74, 6) is 0.0477. The van der Waals surface area contributed by atoms with Crippen LogP contribution in [0.2, 0.25) is 0 Å². The number of phenols is 1. The minimum Gasteiger partial charge on any atom is -0.508 e. The summed E-state index contributed by atoms with van der Waals surface area (Å²) in [5, 5.41) is 12.3. The number of nitrogens with one attached hydrogen (secondary N) is 1. The van der Waals surface area contributed by atoms with Crippen molar-refractivity contribution in [1.29, 1.82) is 0 Å². The van der Waals surface area contributed by atoms with Gasteiger partial charge in [0.25, 0.3) is 5.91 Å². The molecule has 2 atom stereocenters. The second kappa shape index (κ2) is 4.75. The van der Waals surface area contributed by atoms with E-state index in [0.29, 0.717) is 11.3 Å². The van der Waals surface area contributed by atoms with Crippen LogP contribution in [0.1, 0.15) is 25.3 Å². The molecule has 1 aromatic carbocycles. The van der Waals surface area contributed by atoms with Gasteiger partial charge >= 0.3 is 0 Å². The molecule has 1 aliphatic heterocycles. The Balaban J connectivity index is 2.06. The van der Waals surface area contributed by atoms with Crippen molar-refractivity contribution >= 4 is 11.6 Å². The van der Waals surface area contributed by atoms with Crippen molar-refractivity contribution in [3.63, 3.8) is 0 Å². The highest BCUT2D eigenvalue weighted by Gasteiger charge is 2.28. The lowest BCUT2D eigenvalue weighted by atomic mass is 10.1. The Morgan fingerprint density at radius 2 is 2.24 bits per heavy atom. The topological polar surface area (TPSA) is 58.6 Å². The van der Waals surface area contributed by atoms with Crippen LogP contribution in [0.4, 0.5) is 5.69 Å². The van der Waals surface area contributed by atoms with Crippen LogP contribution in [-0.4, -0.2) is 23.2 Å². The molecule has 1 aliphatic rings. The number of hydrogen-bond acceptors (Lipinski definition) is 3. The van der Waals surface area contributed by atoms with E-state index in [9.17, 15) is 9.90 Å². The summed E-state index contributed by atoms with van der Waals surface area (Å²) in [6, 6.07) is 5.07. The van der Waals surface area contributed by atoms with E-state index in [0.717, 1.165) is 12.8 Å². The highest BCUT2D eigenvalue weighted by molar-refractivity contribution is 5.95. The normalized spacial score (nSPS) is 23.6. The molecule has 1 saturated heterocycles. The van der Waals surface area contributed by atoms with Crippen molar-refractivity contribution < 1.29 is 14.6 Å². The third kappa shape index (κ3) is 2.58. The lowest BCUT2D eigenvalue weighted by Crippen LogP contribution is -2.27. The van der Waals surface area contributed by atoms with E-state index < -0.39 is 0 Å². The van der Waals surface area contributed by atoms with E-state index in [1.807, 2.05) is 6.92 Å². The molecule has 2 rings (SSSR count). The van der Waals surface area contributed by atoms with Gasteiger partial charge in [0.2, 0.25) is 0 Å². The summed E-state index contributed by atoms with van der Waals surface area (Å²) >= 11 is 0. The lowest BCUT2D eigenvalue weighted by molar-refractivity contribution is -0.126. The largest absolute Gasteiger partial charge is 0.508 e. The Morgan fingerprint density at radius 1 is 1.47 bits per heavy atom. The first-order chi connectivity index (χ1) is 8.08. The first-order valence-electron chi connectivity index (χ1n) is 5.83. The first-order valence-corrected chi connectivity index (χ1v) is 5.83. The van der Waals surface area contributed by atoms with E-state index >= 15 is 0 Å². The molecular weight excluding hydrogens is 218 g/mol. The fourth-order valence-electron chi connectivity index (χ4n) is 1.97. The van der Waals surface area contributed by atoms with Crippen LogP contribution in [0.25, 0.3) is 0 Å². The smallest absolute Gasteiger partial charge is 0.253 e. The number of aromatic hydroxyl groups is 1.